The Balaban J connectivity index is 1.12. The fourth-order valence-corrected chi connectivity index (χ4v) is 15.6. The molecule has 16 atom stereocenters. The summed E-state index contributed by atoms with van der Waals surface area (Å²) < 4.78 is 0. The van der Waals surface area contributed by atoms with Crippen molar-refractivity contribution in [1.82, 2.24) is 0 Å². The summed E-state index contributed by atoms with van der Waals surface area (Å²) in [5.41, 5.74) is 15.9. The zero-order valence-corrected chi connectivity index (χ0v) is 56.3. The van der Waals surface area contributed by atoms with Crippen molar-refractivity contribution in [2.24, 2.45) is 94.7 Å². The van der Waals surface area contributed by atoms with Gasteiger partial charge in [-0.15, -0.1) is 0 Å². The molecule has 16 bridgehead atoms. The molecular weight excluding hydrogens is 1090 g/mol. The molecular formula is C80H112O8. The molecule has 0 aliphatic heterocycles. The average Bonchev–Trinajstić information content (AvgIpc) is 3.61. The average molecular weight is 1200 g/mol. The van der Waals surface area contributed by atoms with Gasteiger partial charge in [-0.1, -0.05) is 208 Å². The third-order valence-electron chi connectivity index (χ3n) is 21.5. The summed E-state index contributed by atoms with van der Waals surface area (Å²) in [7, 11) is 0. The molecule has 8 heteroatoms. The molecule has 0 heterocycles. The van der Waals surface area contributed by atoms with E-state index in [4.69, 9.17) is 0 Å². The molecule has 0 aromatic carbocycles. The minimum Gasteiger partial charge on any atom is -0.388 e. The molecule has 88 heavy (non-hydrogen) atoms. The minimum absolute atomic E-state index is 0.163. The summed E-state index contributed by atoms with van der Waals surface area (Å²) >= 11 is 0. The largest absolute Gasteiger partial charge is 0.388 e. The Bertz CT molecular complexity index is 3120. The van der Waals surface area contributed by atoms with Crippen LogP contribution < -0.4 is 0 Å². The van der Waals surface area contributed by atoms with Crippen molar-refractivity contribution < 1.29 is 40.9 Å². The van der Waals surface area contributed by atoms with Gasteiger partial charge in [-0.05, 0) is 188 Å². The van der Waals surface area contributed by atoms with Gasteiger partial charge < -0.3 is 40.9 Å². The first-order valence-electron chi connectivity index (χ1n) is 34.3. The summed E-state index contributed by atoms with van der Waals surface area (Å²) in [6.45, 7) is 34.9. The number of aliphatic hydroxyl groups excluding tert-OH is 8. The summed E-state index contributed by atoms with van der Waals surface area (Å²) in [6, 6.07) is 0. The van der Waals surface area contributed by atoms with Crippen LogP contribution in [-0.2, 0) is 0 Å². The lowest BCUT2D eigenvalue weighted by Crippen LogP contribution is -2.36. The van der Waals surface area contributed by atoms with E-state index in [0.717, 1.165) is 89.2 Å². The third kappa shape index (κ3) is 15.0. The number of allylic oxidation sites excluding steroid dienone is 16. The van der Waals surface area contributed by atoms with Crippen LogP contribution in [0.3, 0.4) is 0 Å². The van der Waals surface area contributed by atoms with Gasteiger partial charge >= 0.3 is 0 Å². The Labute approximate surface area is 530 Å². The molecule has 9 aliphatic rings. The van der Waals surface area contributed by atoms with E-state index in [-0.39, 0.29) is 94.7 Å². The second kappa shape index (κ2) is 28.2. The van der Waals surface area contributed by atoms with E-state index in [2.05, 4.69) is 208 Å². The molecule has 16 unspecified atom stereocenters. The highest BCUT2D eigenvalue weighted by molar-refractivity contribution is 5.47. The topological polar surface area (TPSA) is 162 Å². The van der Waals surface area contributed by atoms with E-state index >= 15 is 0 Å². The number of hydrogen-bond acceptors (Lipinski definition) is 8. The first-order chi connectivity index (χ1) is 41.5. The van der Waals surface area contributed by atoms with Crippen LogP contribution in [0.25, 0.3) is 0 Å². The molecule has 8 nitrogen and oxygen atoms in total. The highest BCUT2D eigenvalue weighted by Crippen LogP contribution is 2.47. The number of rotatable bonds is 8. The Morgan fingerprint density at radius 3 is 0.534 bits per heavy atom. The molecule has 9 rings (SSSR count). The van der Waals surface area contributed by atoms with Crippen molar-refractivity contribution in [3.63, 3.8) is 0 Å². The Morgan fingerprint density at radius 2 is 0.352 bits per heavy atom. The van der Waals surface area contributed by atoms with Gasteiger partial charge in [0.2, 0.25) is 0 Å². The van der Waals surface area contributed by atoms with Gasteiger partial charge in [0, 0.05) is 47.3 Å². The SMILES string of the molecule is CC(C)C1=CC2CC3=CC(C(C)C)=CC(CC4=CC(C(C)C)=CC(CC5C=C(C(C)C)C=C(CC6C=C(C(C)C)C=C(CC7=CC(C(C)C)=CC(CC8C=C(C(C)C)C=C(CC9C=C(C(C)C)C=C(CC(=C1)C2O)C9O)C8O)C7O)C6O)C5O)C4O)C3O. The van der Waals surface area contributed by atoms with E-state index in [1.54, 1.807) is 0 Å². The van der Waals surface area contributed by atoms with Gasteiger partial charge in [0.1, 0.15) is 0 Å². The van der Waals surface area contributed by atoms with Crippen LogP contribution in [0.4, 0.5) is 0 Å². The van der Waals surface area contributed by atoms with Crippen LogP contribution in [0.15, 0.2) is 186 Å². The first kappa shape index (κ1) is 67.9. The zero-order valence-electron chi connectivity index (χ0n) is 56.3. The van der Waals surface area contributed by atoms with Crippen LogP contribution in [-0.4, -0.2) is 89.7 Å². The van der Waals surface area contributed by atoms with Crippen molar-refractivity contribution in [2.75, 3.05) is 0 Å². The maximum absolute atomic E-state index is 12.7. The zero-order chi connectivity index (χ0) is 64.1. The molecule has 480 valence electrons. The van der Waals surface area contributed by atoms with Crippen molar-refractivity contribution in [1.29, 1.82) is 0 Å². The first-order valence-corrected chi connectivity index (χ1v) is 34.3. The normalized spacial score (nSPS) is 34.5. The highest BCUT2D eigenvalue weighted by atomic mass is 16.3. The van der Waals surface area contributed by atoms with E-state index < -0.39 is 48.8 Å². The lowest BCUT2D eigenvalue weighted by Gasteiger charge is -2.39. The van der Waals surface area contributed by atoms with Gasteiger partial charge in [0.15, 0.2) is 0 Å². The maximum atomic E-state index is 12.7. The van der Waals surface area contributed by atoms with E-state index in [1.165, 1.54) is 0 Å². The molecule has 9 aliphatic carbocycles. The summed E-state index contributed by atoms with van der Waals surface area (Å²) in [5, 5.41) is 102. The van der Waals surface area contributed by atoms with E-state index in [9.17, 15) is 40.9 Å². The Morgan fingerprint density at radius 1 is 0.216 bits per heavy atom. The lowest BCUT2D eigenvalue weighted by molar-refractivity contribution is 0.0973. The molecule has 0 aromatic heterocycles. The second-order valence-corrected chi connectivity index (χ2v) is 30.8. The van der Waals surface area contributed by atoms with Crippen LogP contribution in [0.5, 0.6) is 0 Å². The van der Waals surface area contributed by atoms with Crippen LogP contribution in [0, 0.1) is 94.7 Å². The fourth-order valence-electron chi connectivity index (χ4n) is 15.6. The second-order valence-electron chi connectivity index (χ2n) is 30.8. The molecule has 0 amide bonds. The summed E-state index contributed by atoms with van der Waals surface area (Å²) in [6.07, 6.45) is 31.5. The van der Waals surface area contributed by atoms with Crippen LogP contribution in [0.1, 0.15) is 162 Å². The maximum Gasteiger partial charge on any atom is 0.0822 e. The van der Waals surface area contributed by atoms with Crippen molar-refractivity contribution in [3.05, 3.63) is 186 Å². The molecule has 1 fully saturated rings. The summed E-state index contributed by atoms with van der Waals surface area (Å²) in [5.74, 6) is -1.22. The van der Waals surface area contributed by atoms with Gasteiger partial charge in [0.25, 0.3) is 0 Å². The lowest BCUT2D eigenvalue weighted by atomic mass is 9.70. The Kier molecular flexibility index (Phi) is 21.7. The number of fused-ring (bicyclic) bond motifs is 16. The van der Waals surface area contributed by atoms with Crippen LogP contribution >= 0.6 is 0 Å². The van der Waals surface area contributed by atoms with Crippen molar-refractivity contribution in [2.45, 2.75) is 211 Å². The molecule has 0 spiro atoms. The van der Waals surface area contributed by atoms with Gasteiger partial charge in [-0.2, -0.15) is 0 Å². The van der Waals surface area contributed by atoms with Crippen molar-refractivity contribution >= 4 is 0 Å². The van der Waals surface area contributed by atoms with E-state index in [1.807, 2.05) is 0 Å². The third-order valence-corrected chi connectivity index (χ3v) is 21.5. The van der Waals surface area contributed by atoms with Gasteiger partial charge in [0.05, 0.1) is 48.8 Å². The predicted octanol–water partition coefficient (Wildman–Crippen LogP) is 15.1. The minimum atomic E-state index is -0.872. The standard InChI is InChI=1S/C80H112O8/c1-41(2)49-17-57-33-59-19-50(42(3)4)21-61(74(59)82)35-63-23-52(44(7)8)25-65(76(63)84)37-67-27-54(46(11)12)29-69(78(67)86)39-71-31-56(48(15)16)32-72(80(71)88)40-70-30-55(47(13)14)28-68(79(70)87)38-66-26-53(45(9)10)24-64(77(66)85)36-62-22-51(43(5)6)20-60(75(62)83)34-58(18-49)73(57)81/h17-32,41-48,57,59-60,63-64,69-71,73-88H,33-40H2,1-16H3. The molecule has 1 saturated carbocycles. The predicted molar refractivity (Wildman–Crippen MR) is 361 cm³/mol. The smallest absolute Gasteiger partial charge is 0.0822 e. The summed E-state index contributed by atoms with van der Waals surface area (Å²) in [4.78, 5) is 0. The monoisotopic (exact) mass is 1200 g/mol. The quantitative estimate of drug-likeness (QED) is 0.119. The number of hydrogen-bond donors (Lipinski definition) is 8. The number of aliphatic hydroxyl groups is 8. The Hall–Kier alpha value is -4.48. The van der Waals surface area contributed by atoms with Crippen LogP contribution in [0.2, 0.25) is 0 Å². The molecule has 8 N–H and O–H groups in total. The van der Waals surface area contributed by atoms with Gasteiger partial charge in [-0.25, -0.2) is 0 Å². The molecule has 0 radical (unpaired) electrons. The molecule has 0 saturated heterocycles. The fraction of sp³-hybridized carbons (Fsp3) is 0.600. The van der Waals surface area contributed by atoms with Gasteiger partial charge in [-0.3, -0.25) is 0 Å². The van der Waals surface area contributed by atoms with E-state index in [0.29, 0.717) is 51.4 Å². The molecule has 0 aromatic rings. The van der Waals surface area contributed by atoms with Crippen molar-refractivity contribution in [3.8, 4) is 0 Å². The highest BCUT2D eigenvalue weighted by Gasteiger charge is 2.42.